The number of hydrogen-bond acceptors (Lipinski definition) is 4. The van der Waals surface area contributed by atoms with Gasteiger partial charge in [-0.05, 0) is 18.2 Å². The maximum absolute atomic E-state index is 10.9. The molecule has 0 bridgehead atoms. The molecule has 3 aromatic rings. The van der Waals surface area contributed by atoms with Gasteiger partial charge in [0.25, 0.3) is 0 Å². The number of aromatic nitrogens is 3. The molecule has 0 radical (unpaired) electrons. The normalized spacial score (nSPS) is 10.8. The number of H-pyrrole nitrogens is 1. The van der Waals surface area contributed by atoms with E-state index in [1.807, 2.05) is 0 Å². The van der Waals surface area contributed by atoms with Gasteiger partial charge < -0.3 is 9.52 Å². The van der Waals surface area contributed by atoms with Crippen LogP contribution in [0.3, 0.4) is 0 Å². The van der Waals surface area contributed by atoms with E-state index in [0.29, 0.717) is 16.8 Å². The third kappa shape index (κ3) is 1.46. The third-order valence-corrected chi connectivity index (χ3v) is 2.44. The zero-order valence-electron chi connectivity index (χ0n) is 8.54. The lowest BCUT2D eigenvalue weighted by Gasteiger charge is -1.95. The van der Waals surface area contributed by atoms with Crippen LogP contribution in [0.25, 0.3) is 22.4 Å². The molecule has 1 aromatic carbocycles. The van der Waals surface area contributed by atoms with Gasteiger partial charge in [0.15, 0.2) is 5.69 Å². The lowest BCUT2D eigenvalue weighted by molar-refractivity contribution is 0.0692. The third-order valence-electron chi connectivity index (χ3n) is 2.44. The van der Waals surface area contributed by atoms with Crippen LogP contribution in [0.15, 0.2) is 35.1 Å². The van der Waals surface area contributed by atoms with Crippen LogP contribution < -0.4 is 0 Å². The second-order valence-electron chi connectivity index (χ2n) is 3.47. The van der Waals surface area contributed by atoms with Crippen LogP contribution in [0.2, 0.25) is 0 Å². The summed E-state index contributed by atoms with van der Waals surface area (Å²) in [7, 11) is 0. The number of benzene rings is 1. The molecule has 17 heavy (non-hydrogen) atoms. The zero-order valence-corrected chi connectivity index (χ0v) is 8.54. The maximum Gasteiger partial charge on any atom is 0.357 e. The molecule has 6 nitrogen and oxygen atoms in total. The summed E-state index contributed by atoms with van der Waals surface area (Å²) in [4.78, 5) is 14.9. The van der Waals surface area contributed by atoms with Crippen LogP contribution in [-0.4, -0.2) is 26.3 Å². The number of aromatic amines is 1. The number of oxazole rings is 1. The van der Waals surface area contributed by atoms with E-state index in [-0.39, 0.29) is 5.69 Å². The first kappa shape index (κ1) is 9.59. The molecule has 0 unspecified atom stereocenters. The first-order valence-electron chi connectivity index (χ1n) is 4.87. The van der Waals surface area contributed by atoms with Crippen molar-refractivity contribution >= 4 is 16.9 Å². The first-order valence-corrected chi connectivity index (χ1v) is 4.87. The summed E-state index contributed by atoms with van der Waals surface area (Å²) >= 11 is 0. The van der Waals surface area contributed by atoms with E-state index in [2.05, 4.69) is 15.2 Å². The molecule has 0 aliphatic carbocycles. The van der Waals surface area contributed by atoms with E-state index in [0.717, 1.165) is 5.56 Å². The van der Waals surface area contributed by atoms with E-state index >= 15 is 0 Å². The van der Waals surface area contributed by atoms with Gasteiger partial charge >= 0.3 is 5.97 Å². The molecule has 0 amide bonds. The molecule has 0 atom stereocenters. The highest BCUT2D eigenvalue weighted by molar-refractivity contribution is 6.01. The molecule has 0 spiro atoms. The quantitative estimate of drug-likeness (QED) is 0.700. The van der Waals surface area contributed by atoms with Gasteiger partial charge in [-0.2, -0.15) is 5.10 Å². The molecule has 0 fully saturated rings. The molecule has 0 aliphatic rings. The minimum absolute atomic E-state index is 0.0129. The molecule has 2 aromatic heterocycles. The summed E-state index contributed by atoms with van der Waals surface area (Å²) < 4.78 is 5.16. The van der Waals surface area contributed by atoms with Crippen molar-refractivity contribution in [1.29, 1.82) is 0 Å². The number of rotatable bonds is 2. The largest absolute Gasteiger partial charge is 0.476 e. The fourth-order valence-corrected chi connectivity index (χ4v) is 1.68. The van der Waals surface area contributed by atoms with Gasteiger partial charge in [-0.1, -0.05) is 0 Å². The molecule has 0 aliphatic heterocycles. The van der Waals surface area contributed by atoms with Gasteiger partial charge in [-0.15, -0.1) is 0 Å². The Labute approximate surface area is 94.9 Å². The fraction of sp³-hybridized carbons (Fsp3) is 0. The number of carbonyl (C=O) groups is 1. The molecule has 6 heteroatoms. The topological polar surface area (TPSA) is 92.0 Å². The summed E-state index contributed by atoms with van der Waals surface area (Å²) in [6.45, 7) is 0. The highest BCUT2D eigenvalue weighted by Crippen LogP contribution is 2.23. The number of aromatic carboxylic acids is 1. The van der Waals surface area contributed by atoms with Crippen molar-refractivity contribution in [2.24, 2.45) is 0 Å². The van der Waals surface area contributed by atoms with Gasteiger partial charge in [0.1, 0.15) is 6.26 Å². The second kappa shape index (κ2) is 3.44. The van der Waals surface area contributed by atoms with Crippen molar-refractivity contribution in [2.75, 3.05) is 0 Å². The van der Waals surface area contributed by atoms with Crippen LogP contribution in [0, 0.1) is 0 Å². The zero-order chi connectivity index (χ0) is 11.8. The summed E-state index contributed by atoms with van der Waals surface area (Å²) in [5.41, 5.74) is 1.42. The van der Waals surface area contributed by atoms with E-state index < -0.39 is 5.97 Å². The highest BCUT2D eigenvalue weighted by atomic mass is 16.4. The van der Waals surface area contributed by atoms with Gasteiger partial charge in [-0.25, -0.2) is 9.78 Å². The molecule has 2 heterocycles. The van der Waals surface area contributed by atoms with Crippen molar-refractivity contribution < 1.29 is 14.3 Å². The average Bonchev–Trinajstić information content (AvgIpc) is 2.97. The molecule has 84 valence electrons. The van der Waals surface area contributed by atoms with Crippen molar-refractivity contribution in [3.05, 3.63) is 36.4 Å². The number of hydrogen-bond donors (Lipinski definition) is 2. The minimum Gasteiger partial charge on any atom is -0.476 e. The summed E-state index contributed by atoms with van der Waals surface area (Å²) in [5.74, 6) is -0.571. The van der Waals surface area contributed by atoms with Crippen molar-refractivity contribution in [2.45, 2.75) is 0 Å². The molecule has 0 saturated heterocycles. The number of nitrogens with one attached hydrogen (secondary N) is 1. The van der Waals surface area contributed by atoms with E-state index in [1.54, 1.807) is 24.4 Å². The Morgan fingerprint density at radius 2 is 2.29 bits per heavy atom. The Morgan fingerprint density at radius 3 is 3.00 bits per heavy atom. The van der Waals surface area contributed by atoms with Gasteiger partial charge in [0.2, 0.25) is 5.89 Å². The van der Waals surface area contributed by atoms with Crippen molar-refractivity contribution in [3.8, 4) is 11.5 Å². The predicted octanol–water partition coefficient (Wildman–Crippen LogP) is 1.92. The van der Waals surface area contributed by atoms with E-state index in [9.17, 15) is 4.79 Å². The van der Waals surface area contributed by atoms with Crippen LogP contribution in [-0.2, 0) is 0 Å². The van der Waals surface area contributed by atoms with E-state index in [1.165, 1.54) is 6.26 Å². The van der Waals surface area contributed by atoms with Crippen LogP contribution in [0.1, 0.15) is 10.5 Å². The molecule has 0 saturated carbocycles. The maximum atomic E-state index is 10.9. The SMILES string of the molecule is O=C(O)c1n[nH]c2cc(-c3ncco3)ccc12. The summed E-state index contributed by atoms with van der Waals surface area (Å²) in [6, 6.07) is 5.18. The smallest absolute Gasteiger partial charge is 0.357 e. The van der Waals surface area contributed by atoms with Crippen molar-refractivity contribution in [1.82, 2.24) is 15.2 Å². The van der Waals surface area contributed by atoms with E-state index in [4.69, 9.17) is 9.52 Å². The Bertz CT molecular complexity index is 685. The lowest BCUT2D eigenvalue weighted by Crippen LogP contribution is -1.96. The van der Waals surface area contributed by atoms with Gasteiger partial charge in [-0.3, -0.25) is 5.10 Å². The Kier molecular flexibility index (Phi) is 1.94. The fourth-order valence-electron chi connectivity index (χ4n) is 1.68. The number of carboxylic acids is 1. The molecule has 3 rings (SSSR count). The first-order chi connectivity index (χ1) is 8.25. The number of carboxylic acid groups (broad SMARTS) is 1. The van der Waals surface area contributed by atoms with Crippen molar-refractivity contribution in [3.63, 3.8) is 0 Å². The average molecular weight is 229 g/mol. The standard InChI is InChI=1S/C11H7N3O3/c15-11(16)9-7-2-1-6(5-8(7)13-14-9)10-12-3-4-17-10/h1-5H,(H,13,14)(H,15,16). The summed E-state index contributed by atoms with van der Waals surface area (Å²) in [5, 5.41) is 15.9. The summed E-state index contributed by atoms with van der Waals surface area (Å²) in [6.07, 6.45) is 3.03. The highest BCUT2D eigenvalue weighted by Gasteiger charge is 2.13. The van der Waals surface area contributed by atoms with Gasteiger partial charge in [0.05, 0.1) is 11.7 Å². The monoisotopic (exact) mass is 229 g/mol. The Hall–Kier alpha value is -2.63. The van der Waals surface area contributed by atoms with Gasteiger partial charge in [0, 0.05) is 10.9 Å². The van der Waals surface area contributed by atoms with Crippen LogP contribution >= 0.6 is 0 Å². The van der Waals surface area contributed by atoms with Crippen LogP contribution in [0.5, 0.6) is 0 Å². The Balaban J connectivity index is 2.18. The molecular weight excluding hydrogens is 222 g/mol. The second-order valence-corrected chi connectivity index (χ2v) is 3.47. The predicted molar refractivity (Wildman–Crippen MR) is 58.6 cm³/mol. The minimum atomic E-state index is -1.06. The Morgan fingerprint density at radius 1 is 1.41 bits per heavy atom. The number of nitrogens with zero attached hydrogens (tertiary/aromatic N) is 2. The lowest BCUT2D eigenvalue weighted by atomic mass is 10.1. The van der Waals surface area contributed by atoms with Crippen LogP contribution in [0.4, 0.5) is 0 Å². The molecule has 2 N–H and O–H groups in total. The molecular formula is C11H7N3O3. The number of fused-ring (bicyclic) bond motifs is 1.